The van der Waals surface area contributed by atoms with E-state index in [-0.39, 0.29) is 5.92 Å². The van der Waals surface area contributed by atoms with Gasteiger partial charge in [-0.1, -0.05) is 25.5 Å². The number of carbonyl (C=O) groups excluding carboxylic acids is 1. The molecule has 0 bridgehead atoms. The lowest BCUT2D eigenvalue weighted by atomic mass is 10.1. The summed E-state index contributed by atoms with van der Waals surface area (Å²) < 4.78 is 0. The van der Waals surface area contributed by atoms with Gasteiger partial charge in [0, 0.05) is 12.3 Å². The average molecular weight is 151 g/mol. The molecule has 1 aliphatic rings. The second-order valence-corrected chi connectivity index (χ2v) is 2.98. The minimum absolute atomic E-state index is 0.140. The third-order valence-electron chi connectivity index (χ3n) is 1.98. The smallest absolute Gasteiger partial charge is 0.140 e. The van der Waals surface area contributed by atoms with Gasteiger partial charge in [-0.05, 0) is 19.3 Å². The van der Waals surface area contributed by atoms with Gasteiger partial charge in [-0.15, -0.1) is 0 Å². The van der Waals surface area contributed by atoms with Crippen molar-refractivity contribution in [1.82, 2.24) is 0 Å². The molecule has 0 spiro atoms. The van der Waals surface area contributed by atoms with Gasteiger partial charge in [-0.25, -0.2) is 0 Å². The molecule has 0 amide bonds. The van der Waals surface area contributed by atoms with Crippen LogP contribution in [-0.4, -0.2) is 5.78 Å². The summed E-state index contributed by atoms with van der Waals surface area (Å²) in [5, 5.41) is 0. The number of allylic oxidation sites excluding steroid dienone is 2. The molecule has 11 heavy (non-hydrogen) atoms. The molecule has 1 atom stereocenters. The molecular weight excluding hydrogens is 136 g/mol. The lowest BCUT2D eigenvalue weighted by Gasteiger charge is -1.97. The van der Waals surface area contributed by atoms with Crippen LogP contribution in [0.4, 0.5) is 0 Å². The first-order valence-electron chi connectivity index (χ1n) is 4.37. The first kappa shape index (κ1) is 8.51. The highest BCUT2D eigenvalue weighted by Crippen LogP contribution is 2.21. The number of rotatable bonds is 3. The molecule has 0 N–H and O–H groups in total. The Bertz CT molecular complexity index is 158. The molecule has 0 heterocycles. The zero-order chi connectivity index (χ0) is 8.10. The highest BCUT2D eigenvalue weighted by molar-refractivity contribution is 5.86. The van der Waals surface area contributed by atoms with Gasteiger partial charge in [0.05, 0.1) is 0 Å². The summed E-state index contributed by atoms with van der Waals surface area (Å²) in [6.45, 7) is 2.14. The molecule has 61 valence electrons. The van der Waals surface area contributed by atoms with E-state index in [9.17, 15) is 4.79 Å². The molecule has 0 aromatic rings. The maximum Gasteiger partial charge on any atom is 0.140 e. The van der Waals surface area contributed by atoms with E-state index in [4.69, 9.17) is 0 Å². The summed E-state index contributed by atoms with van der Waals surface area (Å²) in [6, 6.07) is 0. The summed E-state index contributed by atoms with van der Waals surface area (Å²) in [6.07, 6.45) is 10.2. The lowest BCUT2D eigenvalue weighted by molar-refractivity contribution is -0.119. The minimum atomic E-state index is 0.140. The number of ketones is 1. The molecule has 1 unspecified atom stereocenters. The SMILES string of the molecule is CCC/C=C/C1[CH]CCC1=O. The second kappa shape index (κ2) is 4.32. The second-order valence-electron chi connectivity index (χ2n) is 2.98. The molecule has 0 aromatic carbocycles. The molecular formula is C10H15O. The fourth-order valence-electron chi connectivity index (χ4n) is 1.30. The van der Waals surface area contributed by atoms with Crippen LogP contribution in [0.15, 0.2) is 12.2 Å². The Morgan fingerprint density at radius 3 is 3.09 bits per heavy atom. The van der Waals surface area contributed by atoms with Crippen molar-refractivity contribution in [3.05, 3.63) is 18.6 Å². The molecule has 1 rings (SSSR count). The standard InChI is InChI=1S/C10H15O/c1-2-3-4-6-9-7-5-8-10(9)11/h4,6-7,9H,2-3,5,8H2,1H3/b6-4+. The van der Waals surface area contributed by atoms with Crippen molar-refractivity contribution >= 4 is 5.78 Å². The fourth-order valence-corrected chi connectivity index (χ4v) is 1.30. The largest absolute Gasteiger partial charge is 0.299 e. The van der Waals surface area contributed by atoms with E-state index in [2.05, 4.69) is 19.4 Å². The van der Waals surface area contributed by atoms with Gasteiger partial charge in [0.25, 0.3) is 0 Å². The van der Waals surface area contributed by atoms with Crippen LogP contribution in [0.5, 0.6) is 0 Å². The van der Waals surface area contributed by atoms with Gasteiger partial charge in [0.2, 0.25) is 0 Å². The Balaban J connectivity index is 2.30. The first-order valence-corrected chi connectivity index (χ1v) is 4.37. The summed E-state index contributed by atoms with van der Waals surface area (Å²) in [7, 11) is 0. The summed E-state index contributed by atoms with van der Waals surface area (Å²) in [5.41, 5.74) is 0. The average Bonchev–Trinajstić information content (AvgIpc) is 2.37. The normalized spacial score (nSPS) is 25.2. The van der Waals surface area contributed by atoms with Crippen LogP contribution >= 0.6 is 0 Å². The van der Waals surface area contributed by atoms with Gasteiger partial charge < -0.3 is 0 Å². The van der Waals surface area contributed by atoms with Crippen LogP contribution in [0.2, 0.25) is 0 Å². The predicted molar refractivity (Wildman–Crippen MR) is 46.1 cm³/mol. The number of carbonyl (C=O) groups is 1. The molecule has 1 aliphatic carbocycles. The monoisotopic (exact) mass is 151 g/mol. The zero-order valence-corrected chi connectivity index (χ0v) is 7.05. The highest BCUT2D eigenvalue weighted by atomic mass is 16.1. The molecule has 0 aliphatic heterocycles. The Morgan fingerprint density at radius 1 is 1.73 bits per heavy atom. The molecule has 0 saturated heterocycles. The van der Waals surface area contributed by atoms with E-state index in [1.165, 1.54) is 0 Å². The van der Waals surface area contributed by atoms with Gasteiger partial charge in [-0.2, -0.15) is 0 Å². The van der Waals surface area contributed by atoms with Crippen LogP contribution in [0, 0.1) is 12.3 Å². The van der Waals surface area contributed by atoms with Crippen molar-refractivity contribution in [3.63, 3.8) is 0 Å². The summed E-state index contributed by atoms with van der Waals surface area (Å²) >= 11 is 0. The van der Waals surface area contributed by atoms with Crippen LogP contribution in [0.25, 0.3) is 0 Å². The van der Waals surface area contributed by atoms with Crippen molar-refractivity contribution in [2.24, 2.45) is 5.92 Å². The molecule has 1 heteroatoms. The highest BCUT2D eigenvalue weighted by Gasteiger charge is 2.21. The number of hydrogen-bond donors (Lipinski definition) is 0. The Morgan fingerprint density at radius 2 is 2.55 bits per heavy atom. The van der Waals surface area contributed by atoms with Gasteiger partial charge >= 0.3 is 0 Å². The van der Waals surface area contributed by atoms with Crippen LogP contribution < -0.4 is 0 Å². The van der Waals surface area contributed by atoms with Gasteiger partial charge in [-0.3, -0.25) is 4.79 Å². The van der Waals surface area contributed by atoms with Gasteiger partial charge in [0.1, 0.15) is 5.78 Å². The van der Waals surface area contributed by atoms with Crippen molar-refractivity contribution in [2.45, 2.75) is 32.6 Å². The Labute approximate surface area is 68.5 Å². The van der Waals surface area contributed by atoms with E-state index in [1.54, 1.807) is 0 Å². The van der Waals surface area contributed by atoms with Crippen LogP contribution in [0.3, 0.4) is 0 Å². The van der Waals surface area contributed by atoms with E-state index in [1.807, 2.05) is 6.08 Å². The van der Waals surface area contributed by atoms with Gasteiger partial charge in [0.15, 0.2) is 0 Å². The van der Waals surface area contributed by atoms with Crippen molar-refractivity contribution in [2.75, 3.05) is 0 Å². The number of Topliss-reactive ketones (excluding diaryl/α,β-unsaturated/α-hetero) is 1. The van der Waals surface area contributed by atoms with E-state index < -0.39 is 0 Å². The Kier molecular flexibility index (Phi) is 3.34. The van der Waals surface area contributed by atoms with E-state index in [0.29, 0.717) is 5.78 Å². The number of unbranched alkanes of at least 4 members (excludes halogenated alkanes) is 1. The third-order valence-corrected chi connectivity index (χ3v) is 1.98. The maximum absolute atomic E-state index is 11.1. The zero-order valence-electron chi connectivity index (χ0n) is 7.05. The van der Waals surface area contributed by atoms with Crippen molar-refractivity contribution in [3.8, 4) is 0 Å². The number of hydrogen-bond acceptors (Lipinski definition) is 1. The molecule has 1 radical (unpaired) electrons. The topological polar surface area (TPSA) is 17.1 Å². The molecule has 1 nitrogen and oxygen atoms in total. The lowest BCUT2D eigenvalue weighted by Crippen LogP contribution is -2.01. The minimum Gasteiger partial charge on any atom is -0.299 e. The summed E-state index contributed by atoms with van der Waals surface area (Å²) in [5.74, 6) is 0.527. The van der Waals surface area contributed by atoms with E-state index >= 15 is 0 Å². The first-order chi connectivity index (χ1) is 5.34. The Hall–Kier alpha value is -0.590. The summed E-state index contributed by atoms with van der Waals surface area (Å²) in [4.78, 5) is 11.1. The molecule has 1 saturated carbocycles. The third kappa shape index (κ3) is 2.49. The van der Waals surface area contributed by atoms with E-state index in [0.717, 1.165) is 25.7 Å². The van der Waals surface area contributed by atoms with Crippen LogP contribution in [0.1, 0.15) is 32.6 Å². The van der Waals surface area contributed by atoms with Crippen LogP contribution in [-0.2, 0) is 4.79 Å². The quantitative estimate of drug-likeness (QED) is 0.566. The molecule has 1 fully saturated rings. The fraction of sp³-hybridized carbons (Fsp3) is 0.600. The molecule has 0 aromatic heterocycles. The van der Waals surface area contributed by atoms with Crippen molar-refractivity contribution < 1.29 is 4.79 Å². The predicted octanol–water partition coefficient (Wildman–Crippen LogP) is 2.53. The van der Waals surface area contributed by atoms with Crippen molar-refractivity contribution in [1.29, 1.82) is 0 Å². The maximum atomic E-state index is 11.1.